The number of nitrogens with zero attached hydrogens (tertiary/aromatic N) is 3. The summed E-state index contributed by atoms with van der Waals surface area (Å²) < 4.78 is 2.04. The van der Waals surface area contributed by atoms with Crippen LogP contribution in [0.2, 0.25) is 10.0 Å². The molecule has 2 N–H and O–H groups in total. The average molecular weight is 305 g/mol. The zero-order valence-corrected chi connectivity index (χ0v) is 11.5. The highest BCUT2D eigenvalue weighted by Gasteiger charge is 2.03. The minimum atomic E-state index is -1.25. The monoisotopic (exact) mass is 304 g/mol. The lowest BCUT2D eigenvalue weighted by Crippen LogP contribution is -2.01. The molecule has 0 aliphatic heterocycles. The Morgan fingerprint density at radius 3 is 2.47 bits per heavy atom. The van der Waals surface area contributed by atoms with Gasteiger partial charge in [0.05, 0.1) is 6.54 Å². The van der Waals surface area contributed by atoms with Crippen molar-refractivity contribution in [3.05, 3.63) is 56.9 Å². The van der Waals surface area contributed by atoms with E-state index in [9.17, 15) is 0 Å². The largest absolute Gasteiger partial charge is 0.472 e. The molecule has 0 radical (unpaired) electrons. The standard InChI is InChI=1S/C11H10Cl2N2.H2NO3/c1-8-14-4-5-15(8)7-9-2-3-10(12)6-11(9)13;2-1(3)4/h2-6H,7H2,1H3;(H2,2,3,4)/q;+1. The number of hydrogen-bond acceptors (Lipinski definition) is 2. The molecule has 0 aliphatic carbocycles. The van der Waals surface area contributed by atoms with Crippen molar-refractivity contribution in [3.63, 3.8) is 0 Å². The molecule has 19 heavy (non-hydrogen) atoms. The summed E-state index contributed by atoms with van der Waals surface area (Å²) in [4.78, 5) is 12.6. The van der Waals surface area contributed by atoms with Gasteiger partial charge in [-0.05, 0) is 24.6 Å². The van der Waals surface area contributed by atoms with E-state index in [0.29, 0.717) is 10.0 Å². The van der Waals surface area contributed by atoms with Crippen LogP contribution in [0.4, 0.5) is 0 Å². The maximum absolute atomic E-state index is 8.47. The van der Waals surface area contributed by atoms with Crippen LogP contribution < -0.4 is 0 Å². The molecule has 1 aromatic carbocycles. The topological polar surface area (TPSA) is 78.4 Å². The van der Waals surface area contributed by atoms with Crippen molar-refractivity contribution >= 4 is 23.2 Å². The normalized spacial score (nSPS) is 9.63. The van der Waals surface area contributed by atoms with Crippen LogP contribution in [0.3, 0.4) is 0 Å². The summed E-state index contributed by atoms with van der Waals surface area (Å²) in [5, 5.41) is 13.9. The van der Waals surface area contributed by atoms with Gasteiger partial charge < -0.3 is 4.57 Å². The van der Waals surface area contributed by atoms with Gasteiger partial charge in [-0.25, -0.2) is 15.4 Å². The molecule has 0 unspecified atom stereocenters. The maximum atomic E-state index is 8.47. The van der Waals surface area contributed by atoms with E-state index in [4.69, 9.17) is 38.5 Å². The second kappa shape index (κ2) is 6.96. The van der Waals surface area contributed by atoms with Gasteiger partial charge in [-0.1, -0.05) is 29.3 Å². The van der Waals surface area contributed by atoms with Crippen molar-refractivity contribution < 1.29 is 15.5 Å². The number of benzene rings is 1. The number of aryl methyl sites for hydroxylation is 1. The third-order valence-corrected chi connectivity index (χ3v) is 2.87. The molecule has 1 heterocycles. The second-order valence-corrected chi connectivity index (χ2v) is 4.43. The molecule has 8 heteroatoms. The summed E-state index contributed by atoms with van der Waals surface area (Å²) in [6.45, 7) is 2.69. The predicted molar refractivity (Wildman–Crippen MR) is 69.7 cm³/mol. The van der Waals surface area contributed by atoms with Crippen LogP contribution in [0, 0.1) is 11.8 Å². The first-order valence-corrected chi connectivity index (χ1v) is 5.92. The van der Waals surface area contributed by atoms with Gasteiger partial charge >= 0.3 is 5.09 Å². The molecule has 0 amide bonds. The Labute approximate surface area is 119 Å². The van der Waals surface area contributed by atoms with Crippen molar-refractivity contribution in [1.82, 2.24) is 9.55 Å². The van der Waals surface area contributed by atoms with Crippen molar-refractivity contribution in [1.29, 1.82) is 0 Å². The Morgan fingerprint density at radius 2 is 2.00 bits per heavy atom. The molecular formula is C11H12Cl2N3O3+. The average Bonchev–Trinajstić information content (AvgIpc) is 2.68. The zero-order valence-electron chi connectivity index (χ0n) is 9.99. The highest BCUT2D eigenvalue weighted by Crippen LogP contribution is 2.21. The van der Waals surface area contributed by atoms with Crippen LogP contribution in [0.15, 0.2) is 30.6 Å². The fraction of sp³-hybridized carbons (Fsp3) is 0.182. The molecule has 0 atom stereocenters. The first kappa shape index (κ1) is 15.3. The van der Waals surface area contributed by atoms with Gasteiger partial charge in [0.15, 0.2) is 0 Å². The van der Waals surface area contributed by atoms with Crippen LogP contribution in [0.1, 0.15) is 11.4 Å². The molecule has 2 aromatic rings. The number of halogens is 2. The van der Waals surface area contributed by atoms with E-state index < -0.39 is 5.09 Å². The Balaban J connectivity index is 0.000000399. The van der Waals surface area contributed by atoms with Crippen LogP contribution in [0.5, 0.6) is 0 Å². The number of imidazole rings is 1. The maximum Gasteiger partial charge on any atom is 0.472 e. The van der Waals surface area contributed by atoms with E-state index >= 15 is 0 Å². The predicted octanol–water partition coefficient (Wildman–Crippen LogP) is 3.09. The molecule has 0 spiro atoms. The fourth-order valence-corrected chi connectivity index (χ4v) is 1.87. The van der Waals surface area contributed by atoms with E-state index in [1.165, 1.54) is 0 Å². The highest BCUT2D eigenvalue weighted by atomic mass is 35.5. The quantitative estimate of drug-likeness (QED) is 0.836. The molecule has 6 nitrogen and oxygen atoms in total. The minimum Gasteiger partial charge on any atom is -0.331 e. The number of aromatic nitrogens is 2. The van der Waals surface area contributed by atoms with E-state index in [1.807, 2.05) is 29.8 Å². The van der Waals surface area contributed by atoms with Crippen molar-refractivity contribution in [3.8, 4) is 0 Å². The lowest BCUT2D eigenvalue weighted by molar-refractivity contribution is -0.969. The Hall–Kier alpha value is -1.79. The molecule has 0 saturated heterocycles. The van der Waals surface area contributed by atoms with Crippen LogP contribution in [-0.4, -0.2) is 25.1 Å². The molecule has 1 aromatic heterocycles. The first-order chi connectivity index (χ1) is 8.90. The summed E-state index contributed by atoms with van der Waals surface area (Å²) >= 11 is 11.9. The van der Waals surface area contributed by atoms with E-state index in [0.717, 1.165) is 17.9 Å². The first-order valence-electron chi connectivity index (χ1n) is 5.17. The van der Waals surface area contributed by atoms with E-state index in [2.05, 4.69) is 4.98 Å². The Bertz CT molecular complexity index is 568. The molecule has 102 valence electrons. The smallest absolute Gasteiger partial charge is 0.331 e. The molecule has 2 rings (SSSR count). The van der Waals surface area contributed by atoms with E-state index in [1.54, 1.807) is 12.3 Å². The molecule has 0 aliphatic rings. The van der Waals surface area contributed by atoms with Gasteiger partial charge in [-0.3, -0.25) is 0 Å². The second-order valence-electron chi connectivity index (χ2n) is 3.59. The SMILES string of the molecule is Cc1nccn1Cc1ccc(Cl)cc1Cl.O=[N+](O)O. The van der Waals surface area contributed by atoms with Crippen molar-refractivity contribution in [2.24, 2.45) is 0 Å². The summed E-state index contributed by atoms with van der Waals surface area (Å²) in [5.74, 6) is 0.973. The molecular weight excluding hydrogens is 293 g/mol. The van der Waals surface area contributed by atoms with Crippen molar-refractivity contribution in [2.75, 3.05) is 0 Å². The van der Waals surface area contributed by atoms with Gasteiger partial charge in [0.25, 0.3) is 0 Å². The van der Waals surface area contributed by atoms with Gasteiger partial charge in [0.2, 0.25) is 0 Å². The Kier molecular flexibility index (Phi) is 5.59. The van der Waals surface area contributed by atoms with Gasteiger partial charge in [-0.2, -0.15) is 0 Å². The lowest BCUT2D eigenvalue weighted by atomic mass is 10.2. The van der Waals surface area contributed by atoms with E-state index in [-0.39, 0.29) is 0 Å². The van der Waals surface area contributed by atoms with Crippen LogP contribution >= 0.6 is 23.2 Å². The van der Waals surface area contributed by atoms with Crippen molar-refractivity contribution in [2.45, 2.75) is 13.5 Å². The van der Waals surface area contributed by atoms with Crippen LogP contribution in [0.25, 0.3) is 0 Å². The summed E-state index contributed by atoms with van der Waals surface area (Å²) in [6.07, 6.45) is 3.71. The number of hydrogen-bond donors (Lipinski definition) is 2. The summed E-state index contributed by atoms with van der Waals surface area (Å²) in [7, 11) is 0. The third kappa shape index (κ3) is 5.15. The zero-order chi connectivity index (χ0) is 14.4. The van der Waals surface area contributed by atoms with Gasteiger partial charge in [-0.15, -0.1) is 0 Å². The lowest BCUT2D eigenvalue weighted by Gasteiger charge is -2.07. The summed E-state index contributed by atoms with van der Waals surface area (Å²) in [6, 6.07) is 5.53. The molecule has 0 fully saturated rings. The molecule has 0 bridgehead atoms. The summed E-state index contributed by atoms with van der Waals surface area (Å²) in [5.41, 5.74) is 1.04. The van der Waals surface area contributed by atoms with Gasteiger partial charge in [0, 0.05) is 22.4 Å². The number of rotatable bonds is 2. The Morgan fingerprint density at radius 1 is 1.37 bits per heavy atom. The van der Waals surface area contributed by atoms with Crippen LogP contribution in [-0.2, 0) is 6.54 Å². The molecule has 0 saturated carbocycles. The van der Waals surface area contributed by atoms with Gasteiger partial charge in [0.1, 0.15) is 10.7 Å². The third-order valence-electron chi connectivity index (χ3n) is 2.28. The minimum absolute atomic E-state index is 0.658. The highest BCUT2D eigenvalue weighted by molar-refractivity contribution is 6.35. The fourth-order valence-electron chi connectivity index (χ4n) is 1.40.